The first-order valence-corrected chi connectivity index (χ1v) is 5.01. The van der Waals surface area contributed by atoms with Crippen LogP contribution in [0.5, 0.6) is 0 Å². The Morgan fingerprint density at radius 2 is 1.54 bits per heavy atom. The molecule has 1 rings (SSSR count). The maximum Gasteiger partial charge on any atom is 2.00 e. The normalized spacial score (nSPS) is 9.62. The van der Waals surface area contributed by atoms with Crippen molar-refractivity contribution in [1.82, 2.24) is 0 Å². The molecule has 0 saturated carbocycles. The van der Waals surface area contributed by atoms with Crippen molar-refractivity contribution in [3.8, 4) is 0 Å². The Morgan fingerprint density at radius 1 is 1.15 bits per heavy atom. The molecule has 0 aliphatic rings. The average molecular weight is 315 g/mol. The molecule has 0 aromatic heterocycles. The van der Waals surface area contributed by atoms with Crippen molar-refractivity contribution >= 4 is 9.84 Å². The summed E-state index contributed by atoms with van der Waals surface area (Å²) in [6, 6.07) is 6.46. The summed E-state index contributed by atoms with van der Waals surface area (Å²) < 4.78 is 21.8. The fraction of sp³-hybridized carbons (Fsp3) is 0.125. The summed E-state index contributed by atoms with van der Waals surface area (Å²) in [6.45, 7) is 3.65. The third-order valence-corrected chi connectivity index (χ3v) is 2.48. The fourth-order valence-corrected chi connectivity index (χ4v) is 1.37. The number of benzene rings is 1. The van der Waals surface area contributed by atoms with Crippen LogP contribution in [0, 0.1) is 6.92 Å². The molecule has 13 heavy (non-hydrogen) atoms. The van der Waals surface area contributed by atoms with Crippen molar-refractivity contribution in [3.05, 3.63) is 36.8 Å². The molecule has 0 atom stereocenters. The number of sulfone groups is 1. The predicted octanol–water partition coefficient (Wildman–Crippen LogP) is -1.73. The van der Waals surface area contributed by atoms with Crippen LogP contribution >= 0.6 is 0 Å². The summed E-state index contributed by atoms with van der Waals surface area (Å²) in [4.78, 5) is 0.338. The van der Waals surface area contributed by atoms with Crippen LogP contribution in [0.1, 0.15) is 5.56 Å². The van der Waals surface area contributed by atoms with Crippen LogP contribution in [0.15, 0.2) is 29.2 Å². The van der Waals surface area contributed by atoms with Crippen molar-refractivity contribution in [2.75, 3.05) is 6.26 Å². The summed E-state index contributed by atoms with van der Waals surface area (Å²) in [7, 11) is -3.05. The molecule has 0 aliphatic carbocycles. The maximum atomic E-state index is 10.9. The molecule has 0 heterocycles. The first kappa shape index (κ1) is 15.6. The molecule has 2 nitrogen and oxygen atoms in total. The molecule has 0 radical (unpaired) electrons. The third-order valence-electron chi connectivity index (χ3n) is 1.35. The van der Waals surface area contributed by atoms with Crippen LogP contribution < -0.4 is 17.0 Å². The van der Waals surface area contributed by atoms with Crippen molar-refractivity contribution < 1.29 is 44.9 Å². The number of rotatable bonds is 1. The van der Waals surface area contributed by atoms with Crippen molar-refractivity contribution in [1.29, 1.82) is 0 Å². The van der Waals surface area contributed by atoms with Gasteiger partial charge in [-0.3, -0.25) is 0 Å². The monoisotopic (exact) mass is 312 g/mol. The van der Waals surface area contributed by atoms with Crippen molar-refractivity contribution in [3.63, 3.8) is 0 Å². The molecule has 0 aliphatic heterocycles. The Hall–Kier alpha value is 0.143. The molecule has 0 spiro atoms. The Morgan fingerprint density at radius 3 is 1.85 bits per heavy atom. The molecule has 0 saturated heterocycles. The van der Waals surface area contributed by atoms with Gasteiger partial charge in [-0.25, -0.2) is 8.42 Å². The van der Waals surface area contributed by atoms with E-state index in [9.17, 15) is 8.42 Å². The minimum atomic E-state index is -3.05. The Labute approximate surface area is 102 Å². The van der Waals surface area contributed by atoms with E-state index in [1.807, 2.05) is 0 Å². The van der Waals surface area contributed by atoms with Gasteiger partial charge >= 0.3 is 19.5 Å². The Kier molecular flexibility index (Phi) is 6.95. The van der Waals surface area contributed by atoms with E-state index in [1.54, 1.807) is 24.3 Å². The van der Waals surface area contributed by atoms with Crippen LogP contribution in [0.2, 0.25) is 0 Å². The summed E-state index contributed by atoms with van der Waals surface area (Å²) in [5.74, 6) is 0. The van der Waals surface area contributed by atoms with Gasteiger partial charge in [0, 0.05) is 11.2 Å². The van der Waals surface area contributed by atoms with E-state index in [4.69, 9.17) is 0 Å². The van der Waals surface area contributed by atoms with E-state index in [2.05, 4.69) is 6.92 Å². The molecule has 1 aromatic carbocycles. The van der Waals surface area contributed by atoms with Crippen molar-refractivity contribution in [2.45, 2.75) is 4.90 Å². The molecule has 0 unspecified atom stereocenters. The summed E-state index contributed by atoms with van der Waals surface area (Å²) in [5.41, 5.74) is 0.817. The Bertz CT molecular complexity index is 345. The minimum Gasteiger partial charge on any atom is -1.00 e. The van der Waals surface area contributed by atoms with Gasteiger partial charge in [0.1, 0.15) is 0 Å². The standard InChI is InChI=1S/C8H9O2S.BrH.Zn/c1-7-3-5-8(6-4-7)11(2,9)10;;/h3-6H,1H2,2H3;1H;/q-1;;+2/p-1. The summed E-state index contributed by atoms with van der Waals surface area (Å²) in [5, 5.41) is 0. The molecule has 5 heteroatoms. The molecule has 1 aromatic rings. The molecular formula is C8H9BrO2SZn. The molecule has 0 bridgehead atoms. The maximum absolute atomic E-state index is 10.9. The molecule has 0 amide bonds. The van der Waals surface area contributed by atoms with Crippen LogP contribution in [0.25, 0.3) is 0 Å². The summed E-state index contributed by atoms with van der Waals surface area (Å²) >= 11 is 0. The van der Waals surface area contributed by atoms with Gasteiger partial charge < -0.3 is 17.0 Å². The van der Waals surface area contributed by atoms with Gasteiger partial charge in [0.05, 0.1) is 0 Å². The van der Waals surface area contributed by atoms with Gasteiger partial charge in [0.25, 0.3) is 0 Å². The van der Waals surface area contributed by atoms with Crippen LogP contribution in [-0.2, 0) is 29.3 Å². The first-order valence-electron chi connectivity index (χ1n) is 3.12. The molecule has 0 fully saturated rings. The van der Waals surface area contributed by atoms with Crippen LogP contribution in [0.3, 0.4) is 0 Å². The molecular weight excluding hydrogens is 305 g/mol. The van der Waals surface area contributed by atoms with Gasteiger partial charge in [-0.1, -0.05) is 12.1 Å². The second kappa shape index (κ2) is 5.79. The zero-order valence-corrected chi connectivity index (χ0v) is 12.7. The second-order valence-corrected chi connectivity index (χ2v) is 4.43. The minimum absolute atomic E-state index is 0. The van der Waals surface area contributed by atoms with E-state index < -0.39 is 9.84 Å². The third kappa shape index (κ3) is 4.79. The largest absolute Gasteiger partial charge is 2.00 e. The smallest absolute Gasteiger partial charge is 1.00 e. The van der Waals surface area contributed by atoms with Crippen LogP contribution in [0.4, 0.5) is 0 Å². The number of hydrogen-bond donors (Lipinski definition) is 0. The summed E-state index contributed by atoms with van der Waals surface area (Å²) in [6.07, 6.45) is 1.19. The van der Waals surface area contributed by atoms with Gasteiger partial charge in [0.15, 0.2) is 9.84 Å². The van der Waals surface area contributed by atoms with Gasteiger partial charge in [-0.2, -0.15) is 24.6 Å². The van der Waals surface area contributed by atoms with Gasteiger partial charge in [0.2, 0.25) is 0 Å². The Balaban J connectivity index is 0. The fourth-order valence-electron chi connectivity index (χ4n) is 0.737. The zero-order chi connectivity index (χ0) is 8.48. The van der Waals surface area contributed by atoms with E-state index in [1.165, 1.54) is 6.26 Å². The average Bonchev–Trinajstić information content (AvgIpc) is 1.86. The number of halogens is 1. The van der Waals surface area contributed by atoms with Crippen LogP contribution in [-0.4, -0.2) is 14.7 Å². The topological polar surface area (TPSA) is 34.1 Å². The van der Waals surface area contributed by atoms with E-state index >= 15 is 0 Å². The number of hydrogen-bond acceptors (Lipinski definition) is 2. The van der Waals surface area contributed by atoms with E-state index in [0.717, 1.165) is 5.56 Å². The quantitative estimate of drug-likeness (QED) is 0.456. The second-order valence-electron chi connectivity index (χ2n) is 2.42. The van der Waals surface area contributed by atoms with Gasteiger partial charge in [-0.05, 0) is 0 Å². The van der Waals surface area contributed by atoms with E-state index in [0.29, 0.717) is 4.90 Å². The van der Waals surface area contributed by atoms with E-state index in [-0.39, 0.29) is 36.5 Å². The van der Waals surface area contributed by atoms with Crippen molar-refractivity contribution in [2.24, 2.45) is 0 Å². The predicted molar refractivity (Wildman–Crippen MR) is 44.0 cm³/mol. The first-order chi connectivity index (χ1) is 5.00. The zero-order valence-electron chi connectivity index (χ0n) is 7.33. The van der Waals surface area contributed by atoms with Gasteiger partial charge in [-0.15, -0.1) is 0 Å². The molecule has 68 valence electrons. The molecule has 0 N–H and O–H groups in total. The SMILES string of the molecule is [Br-].[CH2-]c1ccc(S(C)(=O)=O)cc1.[Zn+2].